The minimum atomic E-state index is -4.42. The van der Waals surface area contributed by atoms with Crippen LogP contribution >= 0.6 is 11.6 Å². The molecule has 0 unspecified atom stereocenters. The molecule has 0 amide bonds. The number of anilines is 1. The first-order valence-corrected chi connectivity index (χ1v) is 7.49. The molecule has 2 heterocycles. The lowest BCUT2D eigenvalue weighted by Crippen LogP contribution is -2.32. The van der Waals surface area contributed by atoms with Gasteiger partial charge in [0, 0.05) is 38.9 Å². The second-order valence-corrected chi connectivity index (χ2v) is 6.01. The summed E-state index contributed by atoms with van der Waals surface area (Å²) in [5, 5.41) is 0.0446. The van der Waals surface area contributed by atoms with Crippen molar-refractivity contribution in [3.05, 3.63) is 35.0 Å². The number of halogens is 4. The van der Waals surface area contributed by atoms with E-state index in [0.29, 0.717) is 12.4 Å². The summed E-state index contributed by atoms with van der Waals surface area (Å²) in [6.45, 7) is 9.88. The number of hydrogen-bond donors (Lipinski definition) is 0. The molecule has 1 saturated heterocycles. The van der Waals surface area contributed by atoms with E-state index in [-0.39, 0.29) is 5.02 Å². The van der Waals surface area contributed by atoms with Crippen molar-refractivity contribution < 1.29 is 13.2 Å². The normalized spacial score (nSPS) is 17.4. The Morgan fingerprint density at radius 2 is 2.05 bits per heavy atom. The maximum absolute atomic E-state index is 12.7. The standard InChI is InChI=1S/C15H19ClF3N3/c1-11(2)10-21-4-3-5-22(7-6-21)14-13(16)8-12(9-20-14)15(17,18)19/h8-9H,1,3-7,10H2,2H3. The Hall–Kier alpha value is -1.27. The fourth-order valence-electron chi connectivity index (χ4n) is 2.54. The van der Waals surface area contributed by atoms with Crippen molar-refractivity contribution in [2.75, 3.05) is 37.6 Å². The third-order valence-corrected chi connectivity index (χ3v) is 3.81. The van der Waals surface area contributed by atoms with E-state index >= 15 is 0 Å². The second kappa shape index (κ2) is 6.87. The van der Waals surface area contributed by atoms with Gasteiger partial charge < -0.3 is 4.90 Å². The largest absolute Gasteiger partial charge is 0.417 e. The van der Waals surface area contributed by atoms with E-state index in [0.717, 1.165) is 50.4 Å². The van der Waals surface area contributed by atoms with Crippen LogP contribution in [0.4, 0.5) is 19.0 Å². The van der Waals surface area contributed by atoms with E-state index in [1.54, 1.807) is 0 Å². The van der Waals surface area contributed by atoms with E-state index < -0.39 is 11.7 Å². The van der Waals surface area contributed by atoms with Crippen LogP contribution in [0.25, 0.3) is 0 Å². The van der Waals surface area contributed by atoms with Crippen molar-refractivity contribution in [2.24, 2.45) is 0 Å². The third-order valence-electron chi connectivity index (χ3n) is 3.53. The Labute approximate surface area is 133 Å². The lowest BCUT2D eigenvalue weighted by Gasteiger charge is -2.24. The topological polar surface area (TPSA) is 19.4 Å². The van der Waals surface area contributed by atoms with E-state index in [1.165, 1.54) is 0 Å². The smallest absolute Gasteiger partial charge is 0.354 e. The Kier molecular flexibility index (Phi) is 5.34. The minimum Gasteiger partial charge on any atom is -0.354 e. The van der Waals surface area contributed by atoms with Gasteiger partial charge in [0.25, 0.3) is 0 Å². The molecule has 0 aromatic carbocycles. The zero-order valence-corrected chi connectivity index (χ0v) is 13.2. The first-order chi connectivity index (χ1) is 10.3. The van der Waals surface area contributed by atoms with Gasteiger partial charge in [0.1, 0.15) is 5.82 Å². The molecule has 0 N–H and O–H groups in total. The van der Waals surface area contributed by atoms with Gasteiger partial charge in [-0.2, -0.15) is 13.2 Å². The van der Waals surface area contributed by atoms with Crippen LogP contribution in [0, 0.1) is 0 Å². The molecule has 0 saturated carbocycles. The number of hydrogen-bond acceptors (Lipinski definition) is 3. The van der Waals surface area contributed by atoms with E-state index in [9.17, 15) is 13.2 Å². The Morgan fingerprint density at radius 3 is 2.64 bits per heavy atom. The molecule has 3 nitrogen and oxygen atoms in total. The highest BCUT2D eigenvalue weighted by molar-refractivity contribution is 6.33. The van der Waals surface area contributed by atoms with Crippen LogP contribution in [0.2, 0.25) is 5.02 Å². The van der Waals surface area contributed by atoms with Crippen molar-refractivity contribution in [2.45, 2.75) is 19.5 Å². The van der Waals surface area contributed by atoms with Crippen molar-refractivity contribution in [1.29, 1.82) is 0 Å². The molecule has 2 rings (SSSR count). The summed E-state index contributed by atoms with van der Waals surface area (Å²) in [6.07, 6.45) is -2.67. The predicted octanol–water partition coefficient (Wildman–Crippen LogP) is 3.84. The fraction of sp³-hybridized carbons (Fsp3) is 0.533. The van der Waals surface area contributed by atoms with Crippen molar-refractivity contribution in [3.63, 3.8) is 0 Å². The highest BCUT2D eigenvalue weighted by Gasteiger charge is 2.32. The predicted molar refractivity (Wildman–Crippen MR) is 82.3 cm³/mol. The summed E-state index contributed by atoms with van der Waals surface area (Å²) < 4.78 is 38.0. The molecule has 0 aliphatic carbocycles. The molecule has 1 aromatic rings. The van der Waals surface area contributed by atoms with E-state index in [2.05, 4.69) is 16.5 Å². The molecule has 1 aromatic heterocycles. The molecule has 7 heteroatoms. The summed E-state index contributed by atoms with van der Waals surface area (Å²) in [7, 11) is 0. The molecule has 22 heavy (non-hydrogen) atoms. The van der Waals surface area contributed by atoms with Crippen LogP contribution in [-0.2, 0) is 6.18 Å². The van der Waals surface area contributed by atoms with Gasteiger partial charge in [-0.05, 0) is 19.4 Å². The molecule has 0 radical (unpaired) electrons. The molecule has 0 atom stereocenters. The third kappa shape index (κ3) is 4.36. The summed E-state index contributed by atoms with van der Waals surface area (Å²) in [6, 6.07) is 0.945. The molecule has 1 fully saturated rings. The Balaban J connectivity index is 2.10. The summed E-state index contributed by atoms with van der Waals surface area (Å²) in [5.74, 6) is 0.423. The average Bonchev–Trinajstić information content (AvgIpc) is 2.62. The van der Waals surface area contributed by atoms with Crippen LogP contribution in [-0.4, -0.2) is 42.6 Å². The number of nitrogens with zero attached hydrogens (tertiary/aromatic N) is 3. The molecule has 0 bridgehead atoms. The summed E-state index contributed by atoms with van der Waals surface area (Å²) >= 11 is 6.01. The van der Waals surface area contributed by atoms with Crippen LogP contribution in [0.3, 0.4) is 0 Å². The lowest BCUT2D eigenvalue weighted by molar-refractivity contribution is -0.137. The molecule has 122 valence electrons. The maximum Gasteiger partial charge on any atom is 0.417 e. The van der Waals surface area contributed by atoms with Crippen LogP contribution < -0.4 is 4.90 Å². The van der Waals surface area contributed by atoms with Gasteiger partial charge in [0.2, 0.25) is 0 Å². The highest BCUT2D eigenvalue weighted by Crippen LogP contribution is 2.33. The molecular formula is C15H19ClF3N3. The molecule has 0 spiro atoms. The first kappa shape index (κ1) is 17.1. The monoisotopic (exact) mass is 333 g/mol. The van der Waals surface area contributed by atoms with Gasteiger partial charge >= 0.3 is 6.18 Å². The Morgan fingerprint density at radius 1 is 1.32 bits per heavy atom. The van der Waals surface area contributed by atoms with Gasteiger partial charge in [-0.1, -0.05) is 23.8 Å². The maximum atomic E-state index is 12.7. The van der Waals surface area contributed by atoms with Gasteiger partial charge in [0.05, 0.1) is 10.6 Å². The average molecular weight is 334 g/mol. The van der Waals surface area contributed by atoms with Gasteiger partial charge in [-0.25, -0.2) is 4.98 Å². The lowest BCUT2D eigenvalue weighted by atomic mass is 10.2. The van der Waals surface area contributed by atoms with Gasteiger partial charge in [-0.15, -0.1) is 0 Å². The van der Waals surface area contributed by atoms with Crippen LogP contribution in [0.5, 0.6) is 0 Å². The highest BCUT2D eigenvalue weighted by atomic mass is 35.5. The zero-order chi connectivity index (χ0) is 16.3. The van der Waals surface area contributed by atoms with Crippen molar-refractivity contribution >= 4 is 17.4 Å². The molecule has 1 aliphatic rings. The van der Waals surface area contributed by atoms with E-state index in [1.807, 2.05) is 11.8 Å². The number of pyridine rings is 1. The molecular weight excluding hydrogens is 315 g/mol. The minimum absolute atomic E-state index is 0.0446. The Bertz CT molecular complexity index is 545. The van der Waals surface area contributed by atoms with Crippen LogP contribution in [0.15, 0.2) is 24.4 Å². The second-order valence-electron chi connectivity index (χ2n) is 5.60. The quantitative estimate of drug-likeness (QED) is 0.783. The van der Waals surface area contributed by atoms with Gasteiger partial charge in [0.15, 0.2) is 0 Å². The number of alkyl halides is 3. The SMILES string of the molecule is C=C(C)CN1CCCN(c2ncc(C(F)(F)F)cc2Cl)CC1. The number of rotatable bonds is 3. The van der Waals surface area contributed by atoms with Crippen LogP contribution in [0.1, 0.15) is 18.9 Å². The first-order valence-electron chi connectivity index (χ1n) is 7.12. The fourth-order valence-corrected chi connectivity index (χ4v) is 2.83. The summed E-state index contributed by atoms with van der Waals surface area (Å²) in [5.41, 5.74) is 0.277. The zero-order valence-electron chi connectivity index (χ0n) is 12.5. The number of aromatic nitrogens is 1. The van der Waals surface area contributed by atoms with E-state index in [4.69, 9.17) is 11.6 Å². The molecule has 1 aliphatic heterocycles. The van der Waals surface area contributed by atoms with Crippen molar-refractivity contribution in [1.82, 2.24) is 9.88 Å². The van der Waals surface area contributed by atoms with Crippen molar-refractivity contribution in [3.8, 4) is 0 Å². The van der Waals surface area contributed by atoms with Gasteiger partial charge in [-0.3, -0.25) is 4.90 Å². The summed E-state index contributed by atoms with van der Waals surface area (Å²) in [4.78, 5) is 8.16.